The van der Waals surface area contributed by atoms with Crippen LogP contribution in [-0.4, -0.2) is 75.4 Å². The van der Waals surface area contributed by atoms with Crippen LogP contribution in [0.25, 0.3) is 10.9 Å². The van der Waals surface area contributed by atoms with Gasteiger partial charge in [-0.25, -0.2) is 4.98 Å². The number of nitrogens with zero attached hydrogens (tertiary/aromatic N) is 3. The summed E-state index contributed by atoms with van der Waals surface area (Å²) in [7, 11) is 0. The molecule has 2 N–H and O–H groups in total. The molecule has 0 bridgehead atoms. The topological polar surface area (TPSA) is 96.0 Å². The van der Waals surface area contributed by atoms with Gasteiger partial charge in [-0.1, -0.05) is 38.1 Å². The second-order valence-corrected chi connectivity index (χ2v) is 11.7. The highest BCUT2D eigenvalue weighted by molar-refractivity contribution is 5.99. The molecular weight excluding hydrogens is 530 g/mol. The highest BCUT2D eigenvalue weighted by Crippen LogP contribution is 2.33. The predicted molar refractivity (Wildman–Crippen MR) is 167 cm³/mol. The zero-order chi connectivity index (χ0) is 29.6. The maximum absolute atomic E-state index is 13.1. The predicted octanol–water partition coefficient (Wildman–Crippen LogP) is 4.35. The molecule has 9 heteroatoms. The molecule has 0 spiro atoms. The second kappa shape index (κ2) is 13.5. The number of nitrogens with one attached hydrogen (secondary N) is 2. The molecule has 3 aromatic rings. The molecule has 2 amide bonds. The van der Waals surface area contributed by atoms with E-state index in [4.69, 9.17) is 14.5 Å². The van der Waals surface area contributed by atoms with Crippen LogP contribution in [0.3, 0.4) is 0 Å². The Morgan fingerprint density at radius 1 is 0.833 bits per heavy atom. The van der Waals surface area contributed by atoms with E-state index in [1.807, 2.05) is 37.3 Å². The van der Waals surface area contributed by atoms with E-state index in [1.165, 1.54) is 5.56 Å². The van der Waals surface area contributed by atoms with Crippen molar-refractivity contribution < 1.29 is 19.1 Å². The molecule has 1 unspecified atom stereocenters. The van der Waals surface area contributed by atoms with Gasteiger partial charge in [0.05, 0.1) is 43.5 Å². The summed E-state index contributed by atoms with van der Waals surface area (Å²) in [5.41, 5.74) is 4.79. The highest BCUT2D eigenvalue weighted by atomic mass is 16.5. The van der Waals surface area contributed by atoms with Gasteiger partial charge in [-0.05, 0) is 61.6 Å². The number of carbonyl (C=O) groups is 2. The number of pyridine rings is 1. The molecule has 0 aliphatic carbocycles. The minimum atomic E-state index is -0.693. The molecule has 2 atom stereocenters. The van der Waals surface area contributed by atoms with Crippen LogP contribution in [0.1, 0.15) is 44.7 Å². The molecule has 2 aromatic carbocycles. The van der Waals surface area contributed by atoms with Crippen molar-refractivity contribution in [1.82, 2.24) is 10.3 Å². The molecule has 3 heterocycles. The Kier molecular flexibility index (Phi) is 9.59. The van der Waals surface area contributed by atoms with Crippen molar-refractivity contribution in [2.24, 2.45) is 5.92 Å². The van der Waals surface area contributed by atoms with Gasteiger partial charge in [0.15, 0.2) is 5.82 Å². The third kappa shape index (κ3) is 7.20. The number of morpholine rings is 2. The second-order valence-electron chi connectivity index (χ2n) is 11.7. The van der Waals surface area contributed by atoms with Gasteiger partial charge in [0.1, 0.15) is 6.04 Å². The molecule has 0 saturated carbocycles. The standard InChI is InChI=1S/C33H43N5O4/c1-22(2)19-25-5-7-26(8-6-25)23(3)32(39)34-24(4)33(40)35-28-9-10-29-27(20-28)21-30(37-11-15-41-16-12-37)31(36-29)38-13-17-42-18-14-38/h5-10,20-24H,11-19H2,1-4H3,(H,34,39)(H,35,40)/t23?,24-/m0/s1. The summed E-state index contributed by atoms with van der Waals surface area (Å²) in [5.74, 6) is 0.731. The van der Waals surface area contributed by atoms with E-state index in [-0.39, 0.29) is 17.7 Å². The number of anilines is 3. The van der Waals surface area contributed by atoms with Gasteiger partial charge in [0.2, 0.25) is 11.8 Å². The molecule has 5 rings (SSSR count). The first-order valence-corrected chi connectivity index (χ1v) is 15.1. The van der Waals surface area contributed by atoms with E-state index in [0.29, 0.717) is 38.0 Å². The lowest BCUT2D eigenvalue weighted by Crippen LogP contribution is -2.43. The summed E-state index contributed by atoms with van der Waals surface area (Å²) in [6.07, 6.45) is 1.01. The van der Waals surface area contributed by atoms with Gasteiger partial charge in [0, 0.05) is 37.3 Å². The van der Waals surface area contributed by atoms with Crippen LogP contribution in [0.5, 0.6) is 0 Å². The Balaban J connectivity index is 1.27. The van der Waals surface area contributed by atoms with Crippen molar-refractivity contribution in [3.8, 4) is 0 Å². The number of fused-ring (bicyclic) bond motifs is 1. The van der Waals surface area contributed by atoms with Gasteiger partial charge in [-0.15, -0.1) is 0 Å². The van der Waals surface area contributed by atoms with E-state index in [9.17, 15) is 9.59 Å². The summed E-state index contributed by atoms with van der Waals surface area (Å²) in [5, 5.41) is 6.80. The van der Waals surface area contributed by atoms with Gasteiger partial charge in [-0.2, -0.15) is 0 Å². The van der Waals surface area contributed by atoms with E-state index < -0.39 is 6.04 Å². The number of amides is 2. The normalized spacial score (nSPS) is 17.3. The Bertz CT molecular complexity index is 1380. The Hall–Kier alpha value is -3.69. The van der Waals surface area contributed by atoms with E-state index in [1.54, 1.807) is 6.92 Å². The summed E-state index contributed by atoms with van der Waals surface area (Å²) in [6, 6.07) is 15.4. The zero-order valence-electron chi connectivity index (χ0n) is 25.2. The van der Waals surface area contributed by atoms with Crippen LogP contribution in [0, 0.1) is 5.92 Å². The van der Waals surface area contributed by atoms with Crippen molar-refractivity contribution in [3.05, 3.63) is 59.7 Å². The first kappa shape index (κ1) is 29.8. The van der Waals surface area contributed by atoms with Crippen LogP contribution in [-0.2, 0) is 25.5 Å². The average Bonchev–Trinajstić information content (AvgIpc) is 3.01. The van der Waals surface area contributed by atoms with E-state index >= 15 is 0 Å². The largest absolute Gasteiger partial charge is 0.378 e. The van der Waals surface area contributed by atoms with Crippen LogP contribution in [0.15, 0.2) is 48.5 Å². The summed E-state index contributed by atoms with van der Waals surface area (Å²) < 4.78 is 11.2. The smallest absolute Gasteiger partial charge is 0.246 e. The summed E-state index contributed by atoms with van der Waals surface area (Å²) in [6.45, 7) is 13.9. The number of aromatic nitrogens is 1. The van der Waals surface area contributed by atoms with Gasteiger partial charge < -0.3 is 29.9 Å². The first-order chi connectivity index (χ1) is 20.3. The number of hydrogen-bond acceptors (Lipinski definition) is 7. The van der Waals surface area contributed by atoms with Crippen molar-refractivity contribution in [3.63, 3.8) is 0 Å². The van der Waals surface area contributed by atoms with Gasteiger partial charge >= 0.3 is 0 Å². The van der Waals surface area contributed by atoms with Crippen molar-refractivity contribution >= 4 is 39.9 Å². The highest BCUT2D eigenvalue weighted by Gasteiger charge is 2.24. The van der Waals surface area contributed by atoms with Crippen LogP contribution >= 0.6 is 0 Å². The number of hydrogen-bond donors (Lipinski definition) is 2. The summed E-state index contributed by atoms with van der Waals surface area (Å²) >= 11 is 0. The Morgan fingerprint density at radius 2 is 1.48 bits per heavy atom. The molecule has 2 aliphatic rings. The fourth-order valence-electron chi connectivity index (χ4n) is 5.50. The molecule has 2 aliphatic heterocycles. The fraction of sp³-hybridized carbons (Fsp3) is 0.485. The molecule has 2 saturated heterocycles. The molecule has 0 radical (unpaired) electrons. The van der Waals surface area contributed by atoms with Crippen LogP contribution in [0.2, 0.25) is 0 Å². The van der Waals surface area contributed by atoms with E-state index in [2.05, 4.69) is 52.5 Å². The fourth-order valence-corrected chi connectivity index (χ4v) is 5.50. The zero-order valence-corrected chi connectivity index (χ0v) is 25.2. The first-order valence-electron chi connectivity index (χ1n) is 15.1. The van der Waals surface area contributed by atoms with Gasteiger partial charge in [0.25, 0.3) is 0 Å². The lowest BCUT2D eigenvalue weighted by Gasteiger charge is -2.35. The lowest BCUT2D eigenvalue weighted by molar-refractivity contribution is -0.126. The molecule has 9 nitrogen and oxygen atoms in total. The van der Waals surface area contributed by atoms with Crippen molar-refractivity contribution in [2.75, 3.05) is 67.7 Å². The molecule has 2 fully saturated rings. The maximum atomic E-state index is 13.1. The monoisotopic (exact) mass is 573 g/mol. The van der Waals surface area contributed by atoms with E-state index in [0.717, 1.165) is 60.6 Å². The third-order valence-electron chi connectivity index (χ3n) is 7.97. The number of carbonyl (C=O) groups excluding carboxylic acids is 2. The average molecular weight is 574 g/mol. The Labute approximate surface area is 248 Å². The quantitative estimate of drug-likeness (QED) is 0.393. The van der Waals surface area contributed by atoms with Crippen molar-refractivity contribution in [1.29, 1.82) is 0 Å². The molecular formula is C33H43N5O4. The molecule has 224 valence electrons. The molecule has 1 aromatic heterocycles. The third-order valence-corrected chi connectivity index (χ3v) is 7.97. The minimum Gasteiger partial charge on any atom is -0.378 e. The Morgan fingerprint density at radius 3 is 2.12 bits per heavy atom. The molecule has 42 heavy (non-hydrogen) atoms. The van der Waals surface area contributed by atoms with Crippen LogP contribution in [0.4, 0.5) is 17.2 Å². The van der Waals surface area contributed by atoms with Crippen LogP contribution < -0.4 is 20.4 Å². The summed E-state index contributed by atoms with van der Waals surface area (Å²) in [4.78, 5) is 35.7. The number of benzene rings is 2. The lowest BCUT2D eigenvalue weighted by atomic mass is 9.96. The SMILES string of the molecule is CC(C)Cc1ccc(C(C)C(=O)N[C@@H](C)C(=O)Nc2ccc3nc(N4CCOCC4)c(N4CCOCC4)cc3c2)cc1. The number of ether oxygens (including phenoxy) is 2. The maximum Gasteiger partial charge on any atom is 0.246 e. The van der Waals surface area contributed by atoms with Gasteiger partial charge in [-0.3, -0.25) is 9.59 Å². The van der Waals surface area contributed by atoms with Crippen molar-refractivity contribution in [2.45, 2.75) is 46.1 Å². The number of rotatable bonds is 9. The minimum absolute atomic E-state index is 0.178.